The molecule has 1 aliphatic heterocycles. The van der Waals surface area contributed by atoms with E-state index < -0.39 is 0 Å². The molecule has 6 heteroatoms. The number of rotatable bonds is 5. The fourth-order valence-corrected chi connectivity index (χ4v) is 3.10. The molecular formula is C20H21ClN2O3. The Kier molecular flexibility index (Phi) is 5.91. The Morgan fingerprint density at radius 3 is 2.62 bits per heavy atom. The Balaban J connectivity index is 1.65. The summed E-state index contributed by atoms with van der Waals surface area (Å²) >= 11 is 5.94. The lowest BCUT2D eigenvalue weighted by Gasteiger charge is -2.12. The standard InChI is InChI=1S/C20H21ClN2O3/c1-13-10-16(21)7-8-18(13)23-20(25)15-5-2-4-14(11-15)19(24)22-12-17-6-3-9-26-17/h2,4-5,7-8,10-11,17H,3,6,9,12H2,1H3,(H,22,24)(H,23,25). The summed E-state index contributed by atoms with van der Waals surface area (Å²) in [4.78, 5) is 24.8. The largest absolute Gasteiger partial charge is 0.376 e. The highest BCUT2D eigenvalue weighted by molar-refractivity contribution is 6.30. The van der Waals surface area contributed by atoms with E-state index in [1.54, 1.807) is 42.5 Å². The second-order valence-corrected chi connectivity index (χ2v) is 6.78. The van der Waals surface area contributed by atoms with Crippen molar-refractivity contribution in [3.05, 3.63) is 64.2 Å². The molecule has 2 aromatic rings. The number of benzene rings is 2. The monoisotopic (exact) mass is 372 g/mol. The summed E-state index contributed by atoms with van der Waals surface area (Å²) in [6.45, 7) is 3.11. The number of aryl methyl sites for hydroxylation is 1. The third-order valence-corrected chi connectivity index (χ3v) is 4.57. The van der Waals surface area contributed by atoms with Gasteiger partial charge in [0.15, 0.2) is 0 Å². The first-order chi connectivity index (χ1) is 12.5. The average molecular weight is 373 g/mol. The molecule has 3 rings (SSSR count). The summed E-state index contributed by atoms with van der Waals surface area (Å²) in [6, 6.07) is 11.9. The molecule has 2 N–H and O–H groups in total. The number of halogens is 1. The maximum Gasteiger partial charge on any atom is 0.255 e. The summed E-state index contributed by atoms with van der Waals surface area (Å²) in [5.41, 5.74) is 2.43. The summed E-state index contributed by atoms with van der Waals surface area (Å²) in [5, 5.41) is 6.33. The van der Waals surface area contributed by atoms with E-state index >= 15 is 0 Å². The van der Waals surface area contributed by atoms with Crippen LogP contribution in [-0.2, 0) is 4.74 Å². The van der Waals surface area contributed by atoms with Crippen LogP contribution in [0.3, 0.4) is 0 Å². The van der Waals surface area contributed by atoms with Crippen molar-refractivity contribution in [1.82, 2.24) is 5.32 Å². The molecule has 0 radical (unpaired) electrons. The number of carbonyl (C=O) groups is 2. The molecule has 1 fully saturated rings. The molecule has 0 aliphatic carbocycles. The van der Waals surface area contributed by atoms with E-state index in [4.69, 9.17) is 16.3 Å². The minimum atomic E-state index is -0.274. The SMILES string of the molecule is Cc1cc(Cl)ccc1NC(=O)c1cccc(C(=O)NCC2CCCO2)c1. The van der Waals surface area contributed by atoms with Gasteiger partial charge in [0, 0.05) is 35.0 Å². The first-order valence-electron chi connectivity index (χ1n) is 8.60. The van der Waals surface area contributed by atoms with Crippen LogP contribution < -0.4 is 10.6 Å². The number of amides is 2. The van der Waals surface area contributed by atoms with Crippen molar-refractivity contribution >= 4 is 29.1 Å². The summed E-state index contributed by atoms with van der Waals surface area (Å²) in [5.74, 6) is -0.484. The Morgan fingerprint density at radius 2 is 1.92 bits per heavy atom. The zero-order chi connectivity index (χ0) is 18.5. The fraction of sp³-hybridized carbons (Fsp3) is 0.300. The van der Waals surface area contributed by atoms with Crippen LogP contribution in [0, 0.1) is 6.92 Å². The molecule has 1 atom stereocenters. The minimum Gasteiger partial charge on any atom is -0.376 e. The molecule has 1 unspecified atom stereocenters. The molecular weight excluding hydrogens is 352 g/mol. The lowest BCUT2D eigenvalue weighted by molar-refractivity contribution is 0.0858. The third kappa shape index (κ3) is 4.62. The van der Waals surface area contributed by atoms with Crippen LogP contribution in [0.5, 0.6) is 0 Å². The molecule has 1 aliphatic rings. The van der Waals surface area contributed by atoms with Gasteiger partial charge in [-0.1, -0.05) is 17.7 Å². The zero-order valence-electron chi connectivity index (χ0n) is 14.5. The lowest BCUT2D eigenvalue weighted by atomic mass is 10.1. The Bertz CT molecular complexity index is 816. The maximum atomic E-state index is 12.5. The van der Waals surface area contributed by atoms with Crippen LogP contribution >= 0.6 is 11.6 Å². The van der Waals surface area contributed by atoms with Gasteiger partial charge in [-0.3, -0.25) is 9.59 Å². The van der Waals surface area contributed by atoms with Crippen LogP contribution in [-0.4, -0.2) is 31.1 Å². The molecule has 0 aromatic heterocycles. The number of hydrogen-bond donors (Lipinski definition) is 2. The molecule has 0 bridgehead atoms. The predicted molar refractivity (Wildman–Crippen MR) is 102 cm³/mol. The summed E-state index contributed by atoms with van der Waals surface area (Å²) in [6.07, 6.45) is 2.07. The van der Waals surface area contributed by atoms with E-state index in [-0.39, 0.29) is 17.9 Å². The second kappa shape index (κ2) is 8.34. The van der Waals surface area contributed by atoms with E-state index in [1.807, 2.05) is 6.92 Å². The normalized spacial score (nSPS) is 16.3. The van der Waals surface area contributed by atoms with Gasteiger partial charge in [0.25, 0.3) is 11.8 Å². The predicted octanol–water partition coefficient (Wildman–Crippen LogP) is 3.81. The third-order valence-electron chi connectivity index (χ3n) is 4.34. The molecule has 2 amide bonds. The molecule has 5 nitrogen and oxygen atoms in total. The van der Waals surface area contributed by atoms with Crippen molar-refractivity contribution in [2.45, 2.75) is 25.9 Å². The quantitative estimate of drug-likeness (QED) is 0.838. The molecule has 0 spiro atoms. The highest BCUT2D eigenvalue weighted by Gasteiger charge is 2.17. The molecule has 136 valence electrons. The van der Waals surface area contributed by atoms with Crippen molar-refractivity contribution in [1.29, 1.82) is 0 Å². The zero-order valence-corrected chi connectivity index (χ0v) is 15.3. The van der Waals surface area contributed by atoms with E-state index in [0.29, 0.717) is 28.4 Å². The van der Waals surface area contributed by atoms with E-state index in [0.717, 1.165) is 25.0 Å². The van der Waals surface area contributed by atoms with Crippen LogP contribution in [0.2, 0.25) is 5.02 Å². The Morgan fingerprint density at radius 1 is 1.15 bits per heavy atom. The lowest BCUT2D eigenvalue weighted by Crippen LogP contribution is -2.31. The number of nitrogens with one attached hydrogen (secondary N) is 2. The number of carbonyl (C=O) groups excluding carboxylic acids is 2. The number of anilines is 1. The van der Waals surface area contributed by atoms with Gasteiger partial charge in [-0.05, 0) is 61.7 Å². The molecule has 1 heterocycles. The average Bonchev–Trinajstić information content (AvgIpc) is 3.15. The van der Waals surface area contributed by atoms with Crippen molar-refractivity contribution < 1.29 is 14.3 Å². The van der Waals surface area contributed by atoms with Gasteiger partial charge in [0.05, 0.1) is 6.10 Å². The Labute approximate surface area is 157 Å². The van der Waals surface area contributed by atoms with Crippen LogP contribution in [0.25, 0.3) is 0 Å². The van der Waals surface area contributed by atoms with Crippen LogP contribution in [0.4, 0.5) is 5.69 Å². The van der Waals surface area contributed by atoms with Gasteiger partial charge in [-0.15, -0.1) is 0 Å². The minimum absolute atomic E-state index is 0.0818. The van der Waals surface area contributed by atoms with Crippen molar-refractivity contribution in [2.75, 3.05) is 18.5 Å². The van der Waals surface area contributed by atoms with Crippen molar-refractivity contribution in [3.63, 3.8) is 0 Å². The van der Waals surface area contributed by atoms with Gasteiger partial charge < -0.3 is 15.4 Å². The van der Waals surface area contributed by atoms with E-state index in [2.05, 4.69) is 10.6 Å². The molecule has 2 aromatic carbocycles. The maximum absolute atomic E-state index is 12.5. The van der Waals surface area contributed by atoms with Crippen LogP contribution in [0.1, 0.15) is 39.1 Å². The van der Waals surface area contributed by atoms with Gasteiger partial charge in [-0.2, -0.15) is 0 Å². The topological polar surface area (TPSA) is 67.4 Å². The number of hydrogen-bond acceptors (Lipinski definition) is 3. The molecule has 1 saturated heterocycles. The second-order valence-electron chi connectivity index (χ2n) is 6.34. The van der Waals surface area contributed by atoms with Crippen LogP contribution in [0.15, 0.2) is 42.5 Å². The van der Waals surface area contributed by atoms with Gasteiger partial charge in [0.2, 0.25) is 0 Å². The highest BCUT2D eigenvalue weighted by atomic mass is 35.5. The summed E-state index contributed by atoms with van der Waals surface area (Å²) < 4.78 is 5.50. The Hall–Kier alpha value is -2.37. The highest BCUT2D eigenvalue weighted by Crippen LogP contribution is 2.20. The summed E-state index contributed by atoms with van der Waals surface area (Å²) in [7, 11) is 0. The van der Waals surface area contributed by atoms with Crippen molar-refractivity contribution in [2.24, 2.45) is 0 Å². The molecule has 26 heavy (non-hydrogen) atoms. The number of ether oxygens (including phenoxy) is 1. The van der Waals surface area contributed by atoms with Gasteiger partial charge in [-0.25, -0.2) is 0 Å². The smallest absolute Gasteiger partial charge is 0.255 e. The van der Waals surface area contributed by atoms with Gasteiger partial charge >= 0.3 is 0 Å². The van der Waals surface area contributed by atoms with E-state index in [9.17, 15) is 9.59 Å². The fourth-order valence-electron chi connectivity index (χ4n) is 2.88. The molecule has 0 saturated carbocycles. The van der Waals surface area contributed by atoms with E-state index in [1.165, 1.54) is 0 Å². The van der Waals surface area contributed by atoms with Gasteiger partial charge in [0.1, 0.15) is 0 Å². The first kappa shape index (κ1) is 18.4. The first-order valence-corrected chi connectivity index (χ1v) is 8.98. The van der Waals surface area contributed by atoms with Crippen molar-refractivity contribution in [3.8, 4) is 0 Å².